The molecule has 7 nitrogen and oxygen atoms in total. The summed E-state index contributed by atoms with van der Waals surface area (Å²) in [5.41, 5.74) is 7.88. The van der Waals surface area contributed by atoms with Gasteiger partial charge < -0.3 is 11.1 Å². The van der Waals surface area contributed by atoms with Gasteiger partial charge in [0.05, 0.1) is 5.52 Å². The molecule has 174 valence electrons. The predicted molar refractivity (Wildman–Crippen MR) is 131 cm³/mol. The van der Waals surface area contributed by atoms with Crippen LogP contribution in [-0.4, -0.2) is 20.7 Å². The molecule has 5 aromatic rings. The summed E-state index contributed by atoms with van der Waals surface area (Å²) in [7, 11) is 0. The van der Waals surface area contributed by atoms with E-state index in [1.165, 1.54) is 47.0 Å². The fraction of sp³-hybridized carbons (Fsp3) is 0.0385. The number of aryl methyl sites for hydroxylation is 1. The van der Waals surface area contributed by atoms with Gasteiger partial charge in [-0.1, -0.05) is 6.07 Å². The molecule has 0 saturated carbocycles. The lowest BCUT2D eigenvalue weighted by atomic mass is 10.0. The van der Waals surface area contributed by atoms with E-state index in [2.05, 4.69) is 15.5 Å². The Kier molecular flexibility index (Phi) is 5.37. The number of aromatic nitrogens is 3. The largest absolute Gasteiger partial charge is 0.382 e. The summed E-state index contributed by atoms with van der Waals surface area (Å²) < 4.78 is 29.6. The molecule has 0 aliphatic carbocycles. The number of nitrogens with two attached hydrogens (primary N) is 1. The Bertz CT molecular complexity index is 1660. The number of aromatic amines is 1. The minimum Gasteiger partial charge on any atom is -0.382 e. The maximum Gasteiger partial charge on any atom is 0.268 e. The second-order valence-electron chi connectivity index (χ2n) is 8.02. The first-order chi connectivity index (χ1) is 16.8. The number of halogens is 2. The van der Waals surface area contributed by atoms with E-state index in [0.717, 1.165) is 5.39 Å². The van der Waals surface area contributed by atoms with Crippen molar-refractivity contribution in [1.29, 1.82) is 0 Å². The van der Waals surface area contributed by atoms with Gasteiger partial charge in [-0.2, -0.15) is 5.10 Å². The van der Waals surface area contributed by atoms with E-state index in [1.807, 2.05) is 0 Å². The molecule has 5 rings (SSSR count). The second kappa shape index (κ2) is 8.53. The number of nitrogens with one attached hydrogen (secondary N) is 2. The Morgan fingerprint density at radius 1 is 1.00 bits per heavy atom. The van der Waals surface area contributed by atoms with Gasteiger partial charge in [0.1, 0.15) is 17.2 Å². The fourth-order valence-corrected chi connectivity index (χ4v) is 3.95. The molecule has 0 spiro atoms. The number of amides is 1. The summed E-state index contributed by atoms with van der Waals surface area (Å²) in [5, 5.41) is 10.0. The third-order valence-electron chi connectivity index (χ3n) is 5.74. The second-order valence-corrected chi connectivity index (χ2v) is 8.02. The molecule has 0 atom stereocenters. The average Bonchev–Trinajstić information content (AvgIpc) is 3.20. The molecule has 1 amide bonds. The highest BCUT2D eigenvalue weighted by atomic mass is 19.1. The van der Waals surface area contributed by atoms with Gasteiger partial charge in [-0.3, -0.25) is 19.3 Å². The topological polar surface area (TPSA) is 106 Å². The highest BCUT2D eigenvalue weighted by Crippen LogP contribution is 2.29. The lowest BCUT2D eigenvalue weighted by Crippen LogP contribution is -2.29. The van der Waals surface area contributed by atoms with Crippen LogP contribution in [0.25, 0.3) is 27.7 Å². The van der Waals surface area contributed by atoms with E-state index in [1.54, 1.807) is 37.3 Å². The maximum atomic E-state index is 14.9. The van der Waals surface area contributed by atoms with Crippen LogP contribution in [-0.2, 0) is 0 Å². The zero-order valence-corrected chi connectivity index (χ0v) is 18.5. The number of rotatable bonds is 4. The third kappa shape index (κ3) is 4.04. The van der Waals surface area contributed by atoms with Crippen molar-refractivity contribution >= 4 is 28.3 Å². The Morgan fingerprint density at radius 2 is 1.77 bits per heavy atom. The zero-order chi connectivity index (χ0) is 24.7. The number of hydrogen-bond donors (Lipinski definition) is 3. The summed E-state index contributed by atoms with van der Waals surface area (Å²) in [5.74, 6) is -1.32. The minimum atomic E-state index is -0.688. The van der Waals surface area contributed by atoms with E-state index >= 15 is 0 Å². The number of pyridine rings is 1. The minimum absolute atomic E-state index is 0.133. The van der Waals surface area contributed by atoms with Gasteiger partial charge in [-0.15, -0.1) is 0 Å². The van der Waals surface area contributed by atoms with Crippen molar-refractivity contribution in [3.05, 3.63) is 106 Å². The molecule has 3 aromatic carbocycles. The van der Waals surface area contributed by atoms with Crippen LogP contribution in [0.5, 0.6) is 0 Å². The van der Waals surface area contributed by atoms with Crippen LogP contribution < -0.4 is 16.6 Å². The Morgan fingerprint density at radius 3 is 2.51 bits per heavy atom. The predicted octanol–water partition coefficient (Wildman–Crippen LogP) is 4.80. The lowest BCUT2D eigenvalue weighted by Gasteiger charge is -2.13. The number of H-pyrrole nitrogens is 1. The number of nitrogen functional groups attached to an aromatic ring is 1. The van der Waals surface area contributed by atoms with Crippen molar-refractivity contribution in [2.75, 3.05) is 11.1 Å². The van der Waals surface area contributed by atoms with Crippen LogP contribution in [0.15, 0.2) is 77.6 Å². The van der Waals surface area contributed by atoms with E-state index in [-0.39, 0.29) is 11.3 Å². The molecule has 0 saturated heterocycles. The quantitative estimate of drug-likeness (QED) is 0.350. The van der Waals surface area contributed by atoms with E-state index in [0.29, 0.717) is 33.8 Å². The molecule has 35 heavy (non-hydrogen) atoms. The summed E-state index contributed by atoms with van der Waals surface area (Å²) in [4.78, 5) is 25.9. The first-order valence-corrected chi connectivity index (χ1v) is 10.7. The van der Waals surface area contributed by atoms with Crippen LogP contribution in [0.3, 0.4) is 0 Å². The standard InChI is InChI=1S/C26H19F2N5O2/c1-14-2-9-21(26(35)33(14)18-7-4-16(27)5-8-18)25(34)30-17-6-11-19(22(28)13-17)15-3-10-20-23(12-15)31-32-24(20)29/h2-13H,1H3,(H,30,34)(H3,29,31,32). The highest BCUT2D eigenvalue weighted by Gasteiger charge is 2.16. The van der Waals surface area contributed by atoms with Crippen LogP contribution in [0, 0.1) is 18.6 Å². The number of fused-ring (bicyclic) bond motifs is 1. The molecular weight excluding hydrogens is 452 g/mol. The normalized spacial score (nSPS) is 11.1. The van der Waals surface area contributed by atoms with Crippen molar-refractivity contribution < 1.29 is 13.6 Å². The number of anilines is 2. The summed E-state index contributed by atoms with van der Waals surface area (Å²) in [6, 6.07) is 17.9. The zero-order valence-electron chi connectivity index (χ0n) is 18.5. The molecule has 0 bridgehead atoms. The van der Waals surface area contributed by atoms with Crippen LogP contribution in [0.2, 0.25) is 0 Å². The monoisotopic (exact) mass is 471 g/mol. The van der Waals surface area contributed by atoms with Gasteiger partial charge in [0.25, 0.3) is 11.5 Å². The van der Waals surface area contributed by atoms with Crippen molar-refractivity contribution in [3.63, 3.8) is 0 Å². The number of nitrogens with zero attached hydrogens (tertiary/aromatic N) is 2. The van der Waals surface area contributed by atoms with Gasteiger partial charge in [0.2, 0.25) is 0 Å². The number of carbonyl (C=O) groups is 1. The van der Waals surface area contributed by atoms with E-state index in [9.17, 15) is 18.4 Å². The van der Waals surface area contributed by atoms with E-state index < -0.39 is 23.1 Å². The Labute approximate surface area is 197 Å². The number of hydrogen-bond acceptors (Lipinski definition) is 4. The molecule has 0 unspecified atom stereocenters. The Hall–Kier alpha value is -4.79. The van der Waals surface area contributed by atoms with Crippen LogP contribution in [0.4, 0.5) is 20.3 Å². The highest BCUT2D eigenvalue weighted by molar-refractivity contribution is 6.04. The van der Waals surface area contributed by atoms with Crippen molar-refractivity contribution in [1.82, 2.24) is 14.8 Å². The average molecular weight is 471 g/mol. The van der Waals surface area contributed by atoms with Crippen molar-refractivity contribution in [2.24, 2.45) is 0 Å². The summed E-state index contributed by atoms with van der Waals surface area (Å²) >= 11 is 0. The van der Waals surface area contributed by atoms with Gasteiger partial charge in [0, 0.05) is 28.0 Å². The first kappa shape index (κ1) is 22.0. The van der Waals surface area contributed by atoms with Gasteiger partial charge in [-0.05, 0) is 79.2 Å². The molecule has 2 aromatic heterocycles. The first-order valence-electron chi connectivity index (χ1n) is 10.7. The molecule has 0 fully saturated rings. The SMILES string of the molecule is Cc1ccc(C(=O)Nc2ccc(-c3ccc4c(N)n[nH]c4c3)c(F)c2)c(=O)n1-c1ccc(F)cc1. The molecule has 2 heterocycles. The molecule has 4 N–H and O–H groups in total. The van der Waals surface area contributed by atoms with Crippen molar-refractivity contribution in [2.45, 2.75) is 6.92 Å². The van der Waals surface area contributed by atoms with Gasteiger partial charge in [-0.25, -0.2) is 8.78 Å². The molecule has 0 radical (unpaired) electrons. The van der Waals surface area contributed by atoms with Gasteiger partial charge in [0.15, 0.2) is 5.82 Å². The smallest absolute Gasteiger partial charge is 0.268 e. The molecular formula is C26H19F2N5O2. The third-order valence-corrected chi connectivity index (χ3v) is 5.74. The molecule has 0 aliphatic rings. The molecule has 9 heteroatoms. The van der Waals surface area contributed by atoms with Crippen LogP contribution >= 0.6 is 0 Å². The van der Waals surface area contributed by atoms with Crippen LogP contribution in [0.1, 0.15) is 16.1 Å². The lowest BCUT2D eigenvalue weighted by molar-refractivity contribution is 0.102. The molecule has 0 aliphatic heterocycles. The number of benzene rings is 3. The number of carbonyl (C=O) groups excluding carboxylic acids is 1. The van der Waals surface area contributed by atoms with E-state index in [4.69, 9.17) is 5.73 Å². The van der Waals surface area contributed by atoms with Crippen molar-refractivity contribution in [3.8, 4) is 16.8 Å². The fourth-order valence-electron chi connectivity index (χ4n) is 3.95. The van der Waals surface area contributed by atoms with Gasteiger partial charge >= 0.3 is 0 Å². The summed E-state index contributed by atoms with van der Waals surface area (Å²) in [6.45, 7) is 1.70. The Balaban J connectivity index is 1.43. The summed E-state index contributed by atoms with van der Waals surface area (Å²) in [6.07, 6.45) is 0. The maximum absolute atomic E-state index is 14.9.